The predicted molar refractivity (Wildman–Crippen MR) is 110 cm³/mol. The van der Waals surface area contributed by atoms with Gasteiger partial charge in [-0.2, -0.15) is 0 Å². The molecule has 164 valence electrons. The Labute approximate surface area is 179 Å². The first-order valence-corrected chi connectivity index (χ1v) is 11.8. The first-order valence-electron chi connectivity index (χ1n) is 9.73. The molecule has 1 aliphatic heterocycles. The molecule has 7 nitrogen and oxygen atoms in total. The number of carbonyl (C=O) groups excluding carboxylic acids is 3. The standard InChI is InChI=1S/C22H22FNO6S/c1-31(28,29)14-15-5-7-17(8-6-15)22(27)30-19-4-2-3-13-24(21(19)26)20(25)16-9-11-18(23)12-10-16/h5-12,19H,2-4,13-14H2,1H3/t19-/m1/s1. The van der Waals surface area contributed by atoms with Crippen LogP contribution in [0.1, 0.15) is 45.5 Å². The lowest BCUT2D eigenvalue weighted by molar-refractivity contribution is -0.137. The van der Waals surface area contributed by atoms with E-state index < -0.39 is 39.5 Å². The van der Waals surface area contributed by atoms with Crippen LogP contribution in [0.25, 0.3) is 0 Å². The summed E-state index contributed by atoms with van der Waals surface area (Å²) in [5, 5.41) is 0. The predicted octanol–water partition coefficient (Wildman–Crippen LogP) is 2.75. The molecule has 0 N–H and O–H groups in total. The van der Waals surface area contributed by atoms with E-state index in [1.54, 1.807) is 0 Å². The zero-order chi connectivity index (χ0) is 22.6. The monoisotopic (exact) mass is 447 g/mol. The minimum absolute atomic E-state index is 0.149. The van der Waals surface area contributed by atoms with Crippen LogP contribution in [0.15, 0.2) is 48.5 Å². The van der Waals surface area contributed by atoms with Crippen molar-refractivity contribution in [1.29, 1.82) is 0 Å². The lowest BCUT2D eigenvalue weighted by Crippen LogP contribution is -2.43. The molecule has 1 atom stereocenters. The molecule has 2 aromatic carbocycles. The van der Waals surface area contributed by atoms with Crippen LogP contribution >= 0.6 is 0 Å². The van der Waals surface area contributed by atoms with Crippen LogP contribution in [0.5, 0.6) is 0 Å². The molecule has 0 spiro atoms. The average molecular weight is 447 g/mol. The largest absolute Gasteiger partial charge is 0.449 e. The van der Waals surface area contributed by atoms with Crippen molar-refractivity contribution >= 4 is 27.6 Å². The first-order chi connectivity index (χ1) is 14.6. The van der Waals surface area contributed by atoms with Gasteiger partial charge in [0.15, 0.2) is 15.9 Å². The number of benzene rings is 2. The van der Waals surface area contributed by atoms with Crippen LogP contribution in [-0.2, 0) is 25.1 Å². The van der Waals surface area contributed by atoms with Crippen molar-refractivity contribution in [3.05, 3.63) is 71.0 Å². The maximum atomic E-state index is 13.1. The highest BCUT2D eigenvalue weighted by Gasteiger charge is 2.34. The Morgan fingerprint density at radius 3 is 2.26 bits per heavy atom. The number of likely N-dealkylation sites (tertiary alicyclic amines) is 1. The highest BCUT2D eigenvalue weighted by molar-refractivity contribution is 7.89. The van der Waals surface area contributed by atoms with Crippen LogP contribution in [0.3, 0.4) is 0 Å². The second-order valence-electron chi connectivity index (χ2n) is 7.46. The van der Waals surface area contributed by atoms with Crippen molar-refractivity contribution in [2.24, 2.45) is 0 Å². The average Bonchev–Trinajstić information content (AvgIpc) is 2.89. The summed E-state index contributed by atoms with van der Waals surface area (Å²) < 4.78 is 41.3. The Balaban J connectivity index is 1.71. The van der Waals surface area contributed by atoms with E-state index in [0.717, 1.165) is 23.3 Å². The van der Waals surface area contributed by atoms with Crippen molar-refractivity contribution in [2.45, 2.75) is 31.1 Å². The Bertz CT molecular complexity index is 1080. The quantitative estimate of drug-likeness (QED) is 0.516. The van der Waals surface area contributed by atoms with Crippen LogP contribution in [0.2, 0.25) is 0 Å². The fraction of sp³-hybridized carbons (Fsp3) is 0.318. The second kappa shape index (κ2) is 9.38. The molecule has 1 fully saturated rings. The molecule has 9 heteroatoms. The molecule has 0 bridgehead atoms. The van der Waals surface area contributed by atoms with Gasteiger partial charge in [0.2, 0.25) is 0 Å². The second-order valence-corrected chi connectivity index (χ2v) is 9.60. The van der Waals surface area contributed by atoms with Crippen molar-refractivity contribution in [2.75, 3.05) is 12.8 Å². The van der Waals surface area contributed by atoms with Gasteiger partial charge in [0.05, 0.1) is 11.3 Å². The lowest BCUT2D eigenvalue weighted by Gasteiger charge is -2.22. The highest BCUT2D eigenvalue weighted by atomic mass is 32.2. The molecule has 0 aliphatic carbocycles. The van der Waals surface area contributed by atoms with Crippen molar-refractivity contribution in [1.82, 2.24) is 4.90 Å². The van der Waals surface area contributed by atoms with Gasteiger partial charge in [-0.15, -0.1) is 0 Å². The minimum atomic E-state index is -3.20. The number of ether oxygens (including phenoxy) is 1. The van der Waals surface area contributed by atoms with Gasteiger partial charge in [0, 0.05) is 18.4 Å². The van der Waals surface area contributed by atoms with Gasteiger partial charge in [-0.05, 0) is 61.2 Å². The molecule has 0 unspecified atom stereocenters. The molecule has 1 saturated heterocycles. The molecular weight excluding hydrogens is 425 g/mol. The zero-order valence-electron chi connectivity index (χ0n) is 16.9. The minimum Gasteiger partial charge on any atom is -0.449 e. The van der Waals surface area contributed by atoms with E-state index in [9.17, 15) is 27.2 Å². The number of imide groups is 1. The van der Waals surface area contributed by atoms with Crippen molar-refractivity contribution in [3.63, 3.8) is 0 Å². The molecule has 1 heterocycles. The summed E-state index contributed by atoms with van der Waals surface area (Å²) in [5.74, 6) is -2.57. The summed E-state index contributed by atoms with van der Waals surface area (Å²) in [4.78, 5) is 39.2. The molecule has 0 aromatic heterocycles. The number of halogens is 1. The summed E-state index contributed by atoms with van der Waals surface area (Å²) in [6.45, 7) is 0.184. The summed E-state index contributed by atoms with van der Waals surface area (Å²) in [5.41, 5.74) is 0.870. The Morgan fingerprint density at radius 2 is 1.65 bits per heavy atom. The van der Waals surface area contributed by atoms with Gasteiger partial charge in [0.1, 0.15) is 5.82 Å². The van der Waals surface area contributed by atoms with Crippen LogP contribution < -0.4 is 0 Å². The molecule has 1 aliphatic rings. The van der Waals surface area contributed by atoms with E-state index in [2.05, 4.69) is 0 Å². The number of esters is 1. The third-order valence-corrected chi connectivity index (χ3v) is 5.70. The van der Waals surface area contributed by atoms with E-state index in [1.165, 1.54) is 36.4 Å². The molecule has 2 aromatic rings. The highest BCUT2D eigenvalue weighted by Crippen LogP contribution is 2.20. The lowest BCUT2D eigenvalue weighted by atomic mass is 10.1. The van der Waals surface area contributed by atoms with E-state index in [4.69, 9.17) is 4.74 Å². The summed E-state index contributed by atoms with van der Waals surface area (Å²) in [6.07, 6.45) is 1.43. The number of carbonyl (C=O) groups is 3. The Kier molecular flexibility index (Phi) is 6.84. The van der Waals surface area contributed by atoms with Gasteiger partial charge in [-0.1, -0.05) is 12.1 Å². The number of nitrogens with zero attached hydrogens (tertiary/aromatic N) is 1. The van der Waals surface area contributed by atoms with E-state index in [-0.39, 0.29) is 29.8 Å². The summed E-state index contributed by atoms with van der Waals surface area (Å²) in [6, 6.07) is 10.8. The number of hydrogen-bond acceptors (Lipinski definition) is 6. The van der Waals surface area contributed by atoms with Gasteiger partial charge in [-0.3, -0.25) is 14.5 Å². The summed E-state index contributed by atoms with van der Waals surface area (Å²) in [7, 11) is -3.20. The fourth-order valence-electron chi connectivity index (χ4n) is 3.30. The molecule has 0 radical (unpaired) electrons. The van der Waals surface area contributed by atoms with Crippen LogP contribution in [0, 0.1) is 5.82 Å². The SMILES string of the molecule is CS(=O)(=O)Cc1ccc(C(=O)O[C@@H]2CCCCN(C(=O)c3ccc(F)cc3)C2=O)cc1. The third kappa shape index (κ3) is 5.97. The summed E-state index contributed by atoms with van der Waals surface area (Å²) >= 11 is 0. The van der Waals surface area contributed by atoms with Gasteiger partial charge >= 0.3 is 5.97 Å². The Hall–Kier alpha value is -3.07. The molecule has 2 amide bonds. The van der Waals surface area contributed by atoms with Gasteiger partial charge < -0.3 is 4.74 Å². The normalized spacial score (nSPS) is 17.2. The van der Waals surface area contributed by atoms with E-state index in [1.807, 2.05) is 0 Å². The third-order valence-electron chi connectivity index (χ3n) is 4.84. The van der Waals surface area contributed by atoms with Crippen LogP contribution in [-0.4, -0.2) is 50.0 Å². The maximum Gasteiger partial charge on any atom is 0.338 e. The smallest absolute Gasteiger partial charge is 0.338 e. The first kappa shape index (κ1) is 22.6. The maximum absolute atomic E-state index is 13.1. The fourth-order valence-corrected chi connectivity index (χ4v) is 4.10. The topological polar surface area (TPSA) is 97.8 Å². The van der Waals surface area contributed by atoms with Crippen LogP contribution in [0.4, 0.5) is 4.39 Å². The number of sulfone groups is 1. The zero-order valence-corrected chi connectivity index (χ0v) is 17.7. The van der Waals surface area contributed by atoms with E-state index >= 15 is 0 Å². The number of hydrogen-bond donors (Lipinski definition) is 0. The molecule has 0 saturated carbocycles. The van der Waals surface area contributed by atoms with Crippen molar-refractivity contribution in [3.8, 4) is 0 Å². The van der Waals surface area contributed by atoms with Crippen molar-refractivity contribution < 1.29 is 31.9 Å². The number of rotatable bonds is 5. The molecule has 31 heavy (non-hydrogen) atoms. The molecule has 3 rings (SSSR count). The Morgan fingerprint density at radius 1 is 1.03 bits per heavy atom. The molecular formula is C22H22FNO6S. The number of amides is 2. The van der Waals surface area contributed by atoms with Gasteiger partial charge in [-0.25, -0.2) is 17.6 Å². The van der Waals surface area contributed by atoms with E-state index in [0.29, 0.717) is 18.4 Å². The van der Waals surface area contributed by atoms with Gasteiger partial charge in [0.25, 0.3) is 11.8 Å².